The van der Waals surface area contributed by atoms with Gasteiger partial charge in [-0.05, 0) is 48.5 Å². The summed E-state index contributed by atoms with van der Waals surface area (Å²) in [5.41, 5.74) is 0.884. The summed E-state index contributed by atoms with van der Waals surface area (Å²) in [5, 5.41) is 10.8. The van der Waals surface area contributed by atoms with Crippen LogP contribution in [0.3, 0.4) is 0 Å². The lowest BCUT2D eigenvalue weighted by Crippen LogP contribution is -2.48. The van der Waals surface area contributed by atoms with Crippen LogP contribution in [-0.2, 0) is 15.6 Å². The molecule has 9 nitrogen and oxygen atoms in total. The zero-order valence-electron chi connectivity index (χ0n) is 17.4. The summed E-state index contributed by atoms with van der Waals surface area (Å²) >= 11 is 3.28. The fourth-order valence-electron chi connectivity index (χ4n) is 3.59. The molecule has 0 spiro atoms. The number of halogens is 1. The summed E-state index contributed by atoms with van der Waals surface area (Å²) in [6.07, 6.45) is 0. The van der Waals surface area contributed by atoms with E-state index in [0.29, 0.717) is 26.2 Å². The van der Waals surface area contributed by atoms with Crippen molar-refractivity contribution in [3.05, 3.63) is 86.8 Å². The van der Waals surface area contributed by atoms with Gasteiger partial charge >= 0.3 is 0 Å². The Morgan fingerprint density at radius 1 is 0.970 bits per heavy atom. The van der Waals surface area contributed by atoms with E-state index in [0.717, 1.165) is 10.2 Å². The highest BCUT2D eigenvalue weighted by atomic mass is 79.9. The number of sulfone groups is 1. The van der Waals surface area contributed by atoms with Gasteiger partial charge in [0.05, 0.1) is 9.82 Å². The van der Waals surface area contributed by atoms with Crippen molar-refractivity contribution in [3.8, 4) is 0 Å². The number of piperazine rings is 1. The third-order valence-electron chi connectivity index (χ3n) is 5.37. The van der Waals surface area contributed by atoms with Crippen LogP contribution in [0.2, 0.25) is 0 Å². The molecule has 1 saturated heterocycles. The number of nitrogens with zero attached hydrogens (tertiary/aromatic N) is 3. The predicted molar refractivity (Wildman–Crippen MR) is 125 cm³/mol. The van der Waals surface area contributed by atoms with Gasteiger partial charge in [-0.25, -0.2) is 8.42 Å². The number of furan rings is 1. The summed E-state index contributed by atoms with van der Waals surface area (Å²) < 4.78 is 31.6. The fraction of sp³-hybridized carbons (Fsp3) is 0.227. The average molecular weight is 534 g/mol. The van der Waals surface area contributed by atoms with E-state index in [4.69, 9.17) is 4.42 Å². The Hall–Kier alpha value is -3.18. The van der Waals surface area contributed by atoms with Gasteiger partial charge in [-0.1, -0.05) is 15.9 Å². The molecule has 33 heavy (non-hydrogen) atoms. The lowest BCUT2D eigenvalue weighted by molar-refractivity contribution is -0.384. The summed E-state index contributed by atoms with van der Waals surface area (Å²) in [4.78, 5) is 27.1. The summed E-state index contributed by atoms with van der Waals surface area (Å²) in [6, 6.07) is 15.6. The molecule has 1 fully saturated rings. The minimum atomic E-state index is -3.60. The van der Waals surface area contributed by atoms with Crippen molar-refractivity contribution in [1.29, 1.82) is 0 Å². The number of hydrogen-bond acceptors (Lipinski definition) is 7. The first-order valence-corrected chi connectivity index (χ1v) is 12.5. The zero-order valence-corrected chi connectivity index (χ0v) is 19.8. The van der Waals surface area contributed by atoms with E-state index < -0.39 is 14.8 Å². The van der Waals surface area contributed by atoms with Crippen LogP contribution in [0.1, 0.15) is 16.3 Å². The van der Waals surface area contributed by atoms with E-state index in [1.165, 1.54) is 36.4 Å². The molecule has 0 radical (unpaired) electrons. The van der Waals surface area contributed by atoms with E-state index in [9.17, 15) is 23.3 Å². The largest absolute Gasteiger partial charge is 0.455 e. The van der Waals surface area contributed by atoms with Crippen molar-refractivity contribution in [3.63, 3.8) is 0 Å². The van der Waals surface area contributed by atoms with Crippen LogP contribution >= 0.6 is 15.9 Å². The van der Waals surface area contributed by atoms with E-state index in [1.807, 2.05) is 4.90 Å². The Morgan fingerprint density at radius 3 is 2.21 bits per heavy atom. The number of non-ortho nitro benzene ring substituents is 1. The van der Waals surface area contributed by atoms with Gasteiger partial charge in [0.15, 0.2) is 15.6 Å². The number of benzene rings is 2. The minimum Gasteiger partial charge on any atom is -0.455 e. The van der Waals surface area contributed by atoms with Gasteiger partial charge in [0.25, 0.3) is 11.6 Å². The molecule has 1 aliphatic heterocycles. The molecule has 2 heterocycles. The van der Waals surface area contributed by atoms with Crippen LogP contribution in [0, 0.1) is 10.1 Å². The first kappa shape index (κ1) is 23.0. The third-order valence-corrected chi connectivity index (χ3v) is 7.55. The van der Waals surface area contributed by atoms with Crippen LogP contribution in [-0.4, -0.2) is 50.3 Å². The summed E-state index contributed by atoms with van der Waals surface area (Å²) in [7, 11) is -3.60. The molecule has 0 saturated carbocycles. The maximum Gasteiger partial charge on any atom is 0.289 e. The van der Waals surface area contributed by atoms with Crippen LogP contribution in [0.15, 0.2) is 74.4 Å². The van der Waals surface area contributed by atoms with Crippen LogP contribution < -0.4 is 4.90 Å². The van der Waals surface area contributed by atoms with Gasteiger partial charge in [-0.2, -0.15) is 0 Å². The van der Waals surface area contributed by atoms with Gasteiger partial charge in [0.1, 0.15) is 11.5 Å². The lowest BCUT2D eigenvalue weighted by atomic mass is 10.2. The molecule has 1 amide bonds. The number of carbonyl (C=O) groups excluding carboxylic acids is 1. The highest BCUT2D eigenvalue weighted by molar-refractivity contribution is 9.10. The van der Waals surface area contributed by atoms with Gasteiger partial charge in [-0.3, -0.25) is 14.9 Å². The quantitative estimate of drug-likeness (QED) is 0.348. The molecule has 2 aromatic carbocycles. The standard InChI is InChI=1S/C22H20BrN3O6S/c23-16-1-8-20(9-2-16)33(30,31)15-19-7-10-21(32-19)22(27)25-13-11-24(12-14-25)17-3-5-18(6-4-17)26(28)29/h1-10H,11-15H2. The summed E-state index contributed by atoms with van der Waals surface area (Å²) in [5.74, 6) is -0.341. The van der Waals surface area contributed by atoms with E-state index in [-0.39, 0.29) is 33.8 Å². The van der Waals surface area contributed by atoms with Crippen LogP contribution in [0.5, 0.6) is 0 Å². The molecule has 1 aliphatic rings. The van der Waals surface area contributed by atoms with Crippen molar-refractivity contribution in [1.82, 2.24) is 4.90 Å². The molecule has 0 atom stereocenters. The second-order valence-electron chi connectivity index (χ2n) is 7.53. The molecule has 0 bridgehead atoms. The molecule has 172 valence electrons. The average Bonchev–Trinajstić information content (AvgIpc) is 3.27. The molecule has 1 aromatic heterocycles. The Bertz CT molecular complexity index is 1260. The van der Waals surface area contributed by atoms with E-state index in [2.05, 4.69) is 15.9 Å². The van der Waals surface area contributed by atoms with Crippen molar-refractivity contribution in [2.45, 2.75) is 10.6 Å². The molecular weight excluding hydrogens is 514 g/mol. The highest BCUT2D eigenvalue weighted by Crippen LogP contribution is 2.23. The van der Waals surface area contributed by atoms with Crippen molar-refractivity contribution in [2.75, 3.05) is 31.1 Å². The van der Waals surface area contributed by atoms with Crippen molar-refractivity contribution in [2.24, 2.45) is 0 Å². The number of nitro benzene ring substituents is 1. The Labute approximate surface area is 198 Å². The fourth-order valence-corrected chi connectivity index (χ4v) is 5.10. The third kappa shape index (κ3) is 5.25. The number of amides is 1. The zero-order chi connectivity index (χ0) is 23.6. The van der Waals surface area contributed by atoms with Crippen molar-refractivity contribution >= 4 is 43.0 Å². The molecule has 0 aliphatic carbocycles. The Balaban J connectivity index is 1.37. The van der Waals surface area contributed by atoms with E-state index in [1.54, 1.807) is 29.2 Å². The van der Waals surface area contributed by atoms with Crippen LogP contribution in [0.4, 0.5) is 11.4 Å². The second kappa shape index (κ2) is 9.36. The van der Waals surface area contributed by atoms with Gasteiger partial charge < -0.3 is 14.2 Å². The monoisotopic (exact) mass is 533 g/mol. The number of hydrogen-bond donors (Lipinski definition) is 0. The maximum absolute atomic E-state index is 12.8. The second-order valence-corrected chi connectivity index (χ2v) is 10.4. The number of anilines is 1. The molecule has 4 rings (SSSR count). The number of rotatable bonds is 6. The topological polar surface area (TPSA) is 114 Å². The Morgan fingerprint density at radius 2 is 1.61 bits per heavy atom. The molecule has 11 heteroatoms. The minimum absolute atomic E-state index is 0.0309. The molecule has 3 aromatic rings. The van der Waals surface area contributed by atoms with Gasteiger partial charge in [0, 0.05) is 48.5 Å². The molecule has 0 unspecified atom stereocenters. The highest BCUT2D eigenvalue weighted by Gasteiger charge is 2.26. The normalized spacial score (nSPS) is 14.3. The lowest BCUT2D eigenvalue weighted by Gasteiger charge is -2.35. The van der Waals surface area contributed by atoms with E-state index >= 15 is 0 Å². The molecule has 0 N–H and O–H groups in total. The summed E-state index contributed by atoms with van der Waals surface area (Å²) in [6.45, 7) is 2.02. The molecular formula is C22H20BrN3O6S. The first-order chi connectivity index (χ1) is 15.7. The predicted octanol–water partition coefficient (Wildman–Crippen LogP) is 3.89. The first-order valence-electron chi connectivity index (χ1n) is 10.1. The van der Waals surface area contributed by atoms with Crippen molar-refractivity contribution < 1.29 is 22.6 Å². The number of carbonyl (C=O) groups is 1. The van der Waals surface area contributed by atoms with Gasteiger partial charge in [-0.15, -0.1) is 0 Å². The number of nitro groups is 1. The van der Waals surface area contributed by atoms with Gasteiger partial charge in [0.2, 0.25) is 0 Å². The van der Waals surface area contributed by atoms with Crippen LogP contribution in [0.25, 0.3) is 0 Å². The SMILES string of the molecule is O=C(c1ccc(CS(=O)(=O)c2ccc(Br)cc2)o1)N1CCN(c2ccc([N+](=O)[O-])cc2)CC1. The Kier molecular flexibility index (Phi) is 6.52. The smallest absolute Gasteiger partial charge is 0.289 e. The maximum atomic E-state index is 12.8.